The third-order valence-corrected chi connectivity index (χ3v) is 12.3. The fourth-order valence-electron chi connectivity index (χ4n) is 7.70. The second-order valence-electron chi connectivity index (χ2n) is 12.9. The lowest BCUT2D eigenvalue weighted by molar-refractivity contribution is 0.477. The van der Waals surface area contributed by atoms with Crippen LogP contribution in [0.15, 0.2) is 170 Å². The summed E-state index contributed by atoms with van der Waals surface area (Å²) in [6.07, 6.45) is 0. The number of benzene rings is 8. The van der Waals surface area contributed by atoms with Crippen molar-refractivity contribution in [3.8, 4) is 11.5 Å². The molecule has 0 saturated carbocycles. The lowest BCUT2D eigenvalue weighted by Gasteiger charge is -2.34. The van der Waals surface area contributed by atoms with Gasteiger partial charge in [0.05, 0.1) is 22.7 Å². The minimum Gasteiger partial charge on any atom is -0.453 e. The van der Waals surface area contributed by atoms with Gasteiger partial charge >= 0.3 is 0 Å². The van der Waals surface area contributed by atoms with Crippen LogP contribution >= 0.6 is 22.7 Å². The van der Waals surface area contributed by atoms with Crippen molar-refractivity contribution < 1.29 is 4.74 Å². The Balaban J connectivity index is 1.10. The quantitative estimate of drug-likeness (QED) is 0.183. The Labute approximate surface area is 302 Å². The van der Waals surface area contributed by atoms with E-state index < -0.39 is 0 Å². The third-order valence-electron chi connectivity index (χ3n) is 10.0. The van der Waals surface area contributed by atoms with E-state index in [2.05, 4.69) is 174 Å². The highest BCUT2D eigenvalue weighted by molar-refractivity contribution is 7.26. The molecule has 0 unspecified atom stereocenters. The van der Waals surface area contributed by atoms with E-state index in [-0.39, 0.29) is 0 Å². The summed E-state index contributed by atoms with van der Waals surface area (Å²) in [5.41, 5.74) is 6.41. The van der Waals surface area contributed by atoms with Gasteiger partial charge in [0.1, 0.15) is 0 Å². The van der Waals surface area contributed by atoms with Gasteiger partial charge in [0, 0.05) is 63.2 Å². The summed E-state index contributed by atoms with van der Waals surface area (Å²) in [5.74, 6) is 1.65. The van der Waals surface area contributed by atoms with E-state index in [1.54, 1.807) is 0 Å². The fourth-order valence-corrected chi connectivity index (χ4v) is 9.98. The van der Waals surface area contributed by atoms with Crippen LogP contribution in [0.3, 0.4) is 0 Å². The summed E-state index contributed by atoms with van der Waals surface area (Å²) in [5, 5.41) is 7.58. The highest BCUT2D eigenvalue weighted by Crippen LogP contribution is 2.53. The number of anilines is 6. The van der Waals surface area contributed by atoms with Gasteiger partial charge in [-0.15, -0.1) is 22.7 Å². The third kappa shape index (κ3) is 4.49. The Morgan fingerprint density at radius 3 is 1.82 bits per heavy atom. The summed E-state index contributed by atoms with van der Waals surface area (Å²) in [7, 11) is 0. The van der Waals surface area contributed by atoms with Crippen molar-refractivity contribution in [3.63, 3.8) is 0 Å². The van der Waals surface area contributed by atoms with Crippen molar-refractivity contribution in [1.82, 2.24) is 0 Å². The molecule has 3 nitrogen and oxygen atoms in total. The molecule has 8 aromatic carbocycles. The molecule has 0 N–H and O–H groups in total. The van der Waals surface area contributed by atoms with E-state index >= 15 is 0 Å². The van der Waals surface area contributed by atoms with Gasteiger partial charge in [0.15, 0.2) is 11.5 Å². The fraction of sp³-hybridized carbons (Fsp3) is 0. The maximum absolute atomic E-state index is 6.76. The van der Waals surface area contributed by atoms with E-state index in [1.807, 2.05) is 28.7 Å². The topological polar surface area (TPSA) is 15.7 Å². The van der Waals surface area contributed by atoms with E-state index in [0.717, 1.165) is 45.6 Å². The van der Waals surface area contributed by atoms with Crippen molar-refractivity contribution >= 4 is 108 Å². The molecular formula is C46H28N2OS2. The van der Waals surface area contributed by atoms with Gasteiger partial charge < -0.3 is 14.5 Å². The number of rotatable bonds is 4. The molecule has 2 aromatic heterocycles. The summed E-state index contributed by atoms with van der Waals surface area (Å²) in [4.78, 5) is 4.72. The molecule has 0 radical (unpaired) electrons. The number of hydrogen-bond acceptors (Lipinski definition) is 5. The van der Waals surface area contributed by atoms with E-state index in [0.29, 0.717) is 0 Å². The van der Waals surface area contributed by atoms with Crippen LogP contribution in [0, 0.1) is 0 Å². The molecule has 0 atom stereocenters. The van der Waals surface area contributed by atoms with Crippen molar-refractivity contribution in [1.29, 1.82) is 0 Å². The maximum Gasteiger partial charge on any atom is 0.153 e. The lowest BCUT2D eigenvalue weighted by atomic mass is 10.0. The summed E-state index contributed by atoms with van der Waals surface area (Å²) in [6.45, 7) is 0. The lowest BCUT2D eigenvalue weighted by Crippen LogP contribution is -2.17. The van der Waals surface area contributed by atoms with Gasteiger partial charge in [-0.05, 0) is 72.1 Å². The molecule has 10 aromatic rings. The standard InChI is InChI=1S/C46H28N2OS2/c1-2-12-33-29(10-1)11-9-16-38(33)47(31-20-23-36-34-13-3-7-18-43(34)50-45(36)27-31)30-22-25-40-42(26-30)49-41-17-6-5-15-39(41)48(40)32-21-24-37-35-14-4-8-19-44(35)51-46(37)28-32/h1-28H. The molecule has 0 spiro atoms. The first-order chi connectivity index (χ1) is 25.3. The van der Waals surface area contributed by atoms with Crippen LogP contribution in [0.25, 0.3) is 51.1 Å². The van der Waals surface area contributed by atoms with E-state index in [1.165, 1.54) is 51.1 Å². The van der Waals surface area contributed by atoms with Gasteiger partial charge in [-0.25, -0.2) is 0 Å². The van der Waals surface area contributed by atoms with Crippen LogP contribution in [-0.4, -0.2) is 0 Å². The van der Waals surface area contributed by atoms with Crippen molar-refractivity contribution in [3.05, 3.63) is 170 Å². The average Bonchev–Trinajstić information content (AvgIpc) is 3.74. The predicted octanol–water partition coefficient (Wildman–Crippen LogP) is 14.6. The Hall–Kier alpha value is -6.14. The second kappa shape index (κ2) is 11.2. The molecule has 5 heteroatoms. The molecule has 0 fully saturated rings. The highest BCUT2D eigenvalue weighted by Gasteiger charge is 2.28. The van der Waals surface area contributed by atoms with Crippen LogP contribution in [0.1, 0.15) is 0 Å². The predicted molar refractivity (Wildman–Crippen MR) is 219 cm³/mol. The zero-order chi connectivity index (χ0) is 33.5. The summed E-state index contributed by atoms with van der Waals surface area (Å²) < 4.78 is 11.9. The Bertz CT molecular complexity index is 2990. The van der Waals surface area contributed by atoms with Crippen LogP contribution in [0.2, 0.25) is 0 Å². The Kier molecular flexibility index (Phi) is 6.29. The van der Waals surface area contributed by atoms with Gasteiger partial charge in [-0.2, -0.15) is 0 Å². The first kappa shape index (κ1) is 28.7. The molecule has 0 amide bonds. The smallest absolute Gasteiger partial charge is 0.153 e. The minimum atomic E-state index is 0.816. The number of ether oxygens (including phenoxy) is 1. The number of para-hydroxylation sites is 2. The van der Waals surface area contributed by atoms with Gasteiger partial charge in [0.2, 0.25) is 0 Å². The first-order valence-corrected chi connectivity index (χ1v) is 18.7. The molecule has 3 heterocycles. The SMILES string of the molecule is c1ccc2c(c1)Oc1cc(N(c3ccc4c(c3)sc3ccccc34)c3cccc4ccccc34)ccc1N2c1ccc2c(c1)sc1ccccc12. The molecule has 0 aliphatic carbocycles. The molecule has 0 bridgehead atoms. The van der Waals surface area contributed by atoms with Crippen LogP contribution < -0.4 is 14.5 Å². The number of fused-ring (bicyclic) bond motifs is 9. The summed E-state index contributed by atoms with van der Waals surface area (Å²) >= 11 is 3.69. The normalized spacial score (nSPS) is 12.4. The molecule has 1 aliphatic heterocycles. The van der Waals surface area contributed by atoms with Crippen LogP contribution in [-0.2, 0) is 0 Å². The number of nitrogens with zero attached hydrogens (tertiary/aromatic N) is 2. The Morgan fingerprint density at radius 1 is 0.412 bits per heavy atom. The second-order valence-corrected chi connectivity index (χ2v) is 15.1. The number of hydrogen-bond donors (Lipinski definition) is 0. The van der Waals surface area contributed by atoms with E-state index in [9.17, 15) is 0 Å². The van der Waals surface area contributed by atoms with Gasteiger partial charge in [-0.1, -0.05) is 97.1 Å². The van der Waals surface area contributed by atoms with Crippen molar-refractivity contribution in [2.45, 2.75) is 0 Å². The highest BCUT2D eigenvalue weighted by atomic mass is 32.1. The molecule has 240 valence electrons. The number of thiophene rings is 2. The average molecular weight is 689 g/mol. The maximum atomic E-state index is 6.76. The molecule has 51 heavy (non-hydrogen) atoms. The van der Waals surface area contributed by atoms with Crippen molar-refractivity contribution in [2.24, 2.45) is 0 Å². The van der Waals surface area contributed by atoms with E-state index in [4.69, 9.17) is 4.74 Å². The zero-order valence-corrected chi connectivity index (χ0v) is 28.9. The largest absolute Gasteiger partial charge is 0.453 e. The zero-order valence-electron chi connectivity index (χ0n) is 27.3. The van der Waals surface area contributed by atoms with Gasteiger partial charge in [-0.3, -0.25) is 0 Å². The monoisotopic (exact) mass is 688 g/mol. The molecule has 1 aliphatic rings. The minimum absolute atomic E-state index is 0.816. The summed E-state index contributed by atoms with van der Waals surface area (Å²) in [6, 6.07) is 61.2. The van der Waals surface area contributed by atoms with Crippen LogP contribution in [0.5, 0.6) is 11.5 Å². The molecule has 0 saturated heterocycles. The molecule has 11 rings (SSSR count). The Morgan fingerprint density at radius 2 is 1.00 bits per heavy atom. The molecular weight excluding hydrogens is 661 g/mol. The first-order valence-electron chi connectivity index (χ1n) is 17.1. The van der Waals surface area contributed by atoms with Crippen molar-refractivity contribution in [2.75, 3.05) is 9.80 Å². The van der Waals surface area contributed by atoms with Crippen LogP contribution in [0.4, 0.5) is 34.1 Å². The van der Waals surface area contributed by atoms with Gasteiger partial charge in [0.25, 0.3) is 0 Å².